The van der Waals surface area contributed by atoms with E-state index >= 15 is 0 Å². The molecule has 2 saturated carbocycles. The molecular formula is C22H36. The summed E-state index contributed by atoms with van der Waals surface area (Å²) in [5.74, 6) is 3.63. The molecule has 0 aromatic rings. The number of allylic oxidation sites excluding steroid dienone is 5. The van der Waals surface area contributed by atoms with E-state index in [2.05, 4.69) is 43.9 Å². The second-order valence-electron chi connectivity index (χ2n) is 7.61. The van der Waals surface area contributed by atoms with Crippen molar-refractivity contribution in [3.8, 4) is 0 Å². The number of rotatable bonds is 7. The first-order chi connectivity index (χ1) is 10.8. The second kappa shape index (κ2) is 10.1. The zero-order chi connectivity index (χ0) is 15.6. The second-order valence-corrected chi connectivity index (χ2v) is 7.61. The highest BCUT2D eigenvalue weighted by molar-refractivity contribution is 4.94. The Morgan fingerprint density at radius 2 is 1.45 bits per heavy atom. The van der Waals surface area contributed by atoms with Crippen LogP contribution in [0.4, 0.5) is 0 Å². The van der Waals surface area contributed by atoms with Gasteiger partial charge in [-0.2, -0.15) is 0 Å². The van der Waals surface area contributed by atoms with Crippen LogP contribution in [0.25, 0.3) is 0 Å². The molecule has 2 fully saturated rings. The predicted molar refractivity (Wildman–Crippen MR) is 98.9 cm³/mol. The predicted octanol–water partition coefficient (Wildman–Crippen LogP) is 7.09. The Bertz CT molecular complexity index is 346. The molecular weight excluding hydrogens is 264 g/mol. The van der Waals surface area contributed by atoms with Crippen LogP contribution in [0.3, 0.4) is 0 Å². The van der Waals surface area contributed by atoms with Crippen LogP contribution in [0.15, 0.2) is 37.0 Å². The van der Waals surface area contributed by atoms with Crippen molar-refractivity contribution in [1.29, 1.82) is 0 Å². The van der Waals surface area contributed by atoms with Gasteiger partial charge in [-0.3, -0.25) is 0 Å². The molecule has 0 atom stereocenters. The van der Waals surface area contributed by atoms with Crippen LogP contribution >= 0.6 is 0 Å². The van der Waals surface area contributed by atoms with Crippen LogP contribution < -0.4 is 0 Å². The van der Waals surface area contributed by atoms with Gasteiger partial charge in [-0.25, -0.2) is 0 Å². The maximum Gasteiger partial charge on any atom is -0.0233 e. The van der Waals surface area contributed by atoms with Gasteiger partial charge in [0.15, 0.2) is 0 Å². The van der Waals surface area contributed by atoms with Crippen LogP contribution in [0.1, 0.15) is 77.6 Å². The lowest BCUT2D eigenvalue weighted by Gasteiger charge is -2.27. The van der Waals surface area contributed by atoms with Crippen LogP contribution in [0.2, 0.25) is 0 Å². The zero-order valence-corrected chi connectivity index (χ0v) is 14.7. The molecule has 22 heavy (non-hydrogen) atoms. The lowest BCUT2D eigenvalue weighted by Crippen LogP contribution is -2.14. The Labute approximate surface area is 138 Å². The molecule has 0 aromatic heterocycles. The van der Waals surface area contributed by atoms with Gasteiger partial charge in [0.2, 0.25) is 0 Å². The minimum absolute atomic E-state index is 0.794. The van der Waals surface area contributed by atoms with E-state index in [0.29, 0.717) is 0 Å². The van der Waals surface area contributed by atoms with E-state index in [1.165, 1.54) is 70.6 Å². The fraction of sp³-hybridized carbons (Fsp3) is 0.727. The average Bonchev–Trinajstić information content (AvgIpc) is 2.58. The minimum Gasteiger partial charge on any atom is -0.103 e. The van der Waals surface area contributed by atoms with Crippen molar-refractivity contribution >= 4 is 0 Å². The van der Waals surface area contributed by atoms with E-state index in [1.54, 1.807) is 0 Å². The van der Waals surface area contributed by atoms with Crippen LogP contribution in [-0.4, -0.2) is 0 Å². The Balaban J connectivity index is 1.56. The van der Waals surface area contributed by atoms with E-state index in [-0.39, 0.29) is 0 Å². The van der Waals surface area contributed by atoms with Gasteiger partial charge in [0, 0.05) is 0 Å². The molecule has 0 aliphatic heterocycles. The summed E-state index contributed by atoms with van der Waals surface area (Å²) in [6, 6.07) is 0. The molecule has 0 spiro atoms. The fourth-order valence-corrected chi connectivity index (χ4v) is 4.28. The maximum absolute atomic E-state index is 3.94. The molecule has 0 saturated heterocycles. The molecule has 0 heteroatoms. The van der Waals surface area contributed by atoms with Gasteiger partial charge in [-0.05, 0) is 88.4 Å². The highest BCUT2D eigenvalue weighted by atomic mass is 14.3. The Morgan fingerprint density at radius 1 is 0.818 bits per heavy atom. The summed E-state index contributed by atoms with van der Waals surface area (Å²) in [4.78, 5) is 0. The van der Waals surface area contributed by atoms with Gasteiger partial charge in [-0.15, -0.1) is 6.58 Å². The van der Waals surface area contributed by atoms with Crippen molar-refractivity contribution in [2.24, 2.45) is 23.7 Å². The average molecular weight is 301 g/mol. The van der Waals surface area contributed by atoms with Crippen molar-refractivity contribution in [3.05, 3.63) is 37.0 Å². The van der Waals surface area contributed by atoms with Crippen molar-refractivity contribution < 1.29 is 0 Å². The minimum atomic E-state index is 0.794. The molecule has 0 bridgehead atoms. The fourth-order valence-electron chi connectivity index (χ4n) is 4.28. The number of hydrogen-bond donors (Lipinski definition) is 0. The van der Waals surface area contributed by atoms with E-state index in [4.69, 9.17) is 0 Å². The highest BCUT2D eigenvalue weighted by Crippen LogP contribution is 2.34. The van der Waals surface area contributed by atoms with E-state index in [9.17, 15) is 0 Å². The van der Waals surface area contributed by atoms with Gasteiger partial charge < -0.3 is 0 Å². The van der Waals surface area contributed by atoms with Crippen molar-refractivity contribution in [2.45, 2.75) is 77.6 Å². The van der Waals surface area contributed by atoms with E-state index in [0.717, 1.165) is 23.7 Å². The Morgan fingerprint density at radius 3 is 2.09 bits per heavy atom. The largest absolute Gasteiger partial charge is 0.103 e. The van der Waals surface area contributed by atoms with Crippen LogP contribution in [-0.2, 0) is 0 Å². The molecule has 0 heterocycles. The quantitative estimate of drug-likeness (QED) is 0.440. The molecule has 0 radical (unpaired) electrons. The van der Waals surface area contributed by atoms with Gasteiger partial charge in [-0.1, -0.05) is 43.2 Å². The summed E-state index contributed by atoms with van der Waals surface area (Å²) in [5, 5.41) is 0. The van der Waals surface area contributed by atoms with Crippen LogP contribution in [0.5, 0.6) is 0 Å². The Hall–Kier alpha value is -0.780. The van der Waals surface area contributed by atoms with E-state index < -0.39 is 0 Å². The van der Waals surface area contributed by atoms with Crippen LogP contribution in [0, 0.1) is 23.7 Å². The molecule has 124 valence electrons. The summed E-state index contributed by atoms with van der Waals surface area (Å²) in [6.07, 6.45) is 27.1. The Kier molecular flexibility index (Phi) is 8.05. The number of hydrogen-bond acceptors (Lipinski definition) is 0. The summed E-state index contributed by atoms with van der Waals surface area (Å²) in [7, 11) is 0. The summed E-state index contributed by atoms with van der Waals surface area (Å²) in [5.41, 5.74) is 0. The van der Waals surface area contributed by atoms with E-state index in [1.807, 2.05) is 0 Å². The lowest BCUT2D eigenvalue weighted by atomic mass is 9.78. The molecule has 2 aliphatic rings. The first kappa shape index (κ1) is 17.6. The molecule has 0 unspecified atom stereocenters. The lowest BCUT2D eigenvalue weighted by molar-refractivity contribution is 0.266. The molecule has 0 N–H and O–H groups in total. The van der Waals surface area contributed by atoms with Crippen molar-refractivity contribution in [3.63, 3.8) is 0 Å². The topological polar surface area (TPSA) is 0 Å². The van der Waals surface area contributed by atoms with Crippen molar-refractivity contribution in [1.82, 2.24) is 0 Å². The standard InChI is InChI=1S/C22H36/c1-3-5-8-20-15-17-22(18-16-20)10-7-6-9-21-13-11-19(4-2)12-14-21/h3-6,9,19-22H,2,7-8,10-18H2,1H3. The van der Waals surface area contributed by atoms with Gasteiger partial charge in [0.05, 0.1) is 0 Å². The SMILES string of the molecule is C=CC1CCC(C=CCCC2CCC(CC=CC)CC2)CC1. The van der Waals surface area contributed by atoms with Gasteiger partial charge in [0.25, 0.3) is 0 Å². The zero-order valence-electron chi connectivity index (χ0n) is 14.7. The summed E-state index contributed by atoms with van der Waals surface area (Å²) < 4.78 is 0. The highest BCUT2D eigenvalue weighted by Gasteiger charge is 2.20. The van der Waals surface area contributed by atoms with Gasteiger partial charge in [0.1, 0.15) is 0 Å². The third kappa shape index (κ3) is 6.15. The first-order valence-electron chi connectivity index (χ1n) is 9.72. The maximum atomic E-state index is 3.94. The van der Waals surface area contributed by atoms with Gasteiger partial charge >= 0.3 is 0 Å². The normalized spacial score (nSPS) is 33.5. The summed E-state index contributed by atoms with van der Waals surface area (Å²) >= 11 is 0. The third-order valence-electron chi connectivity index (χ3n) is 5.97. The smallest absolute Gasteiger partial charge is 0.0233 e. The molecule has 2 aliphatic carbocycles. The summed E-state index contributed by atoms with van der Waals surface area (Å²) in [6.45, 7) is 6.08. The molecule has 0 amide bonds. The van der Waals surface area contributed by atoms with Crippen molar-refractivity contribution in [2.75, 3.05) is 0 Å². The molecule has 0 aromatic carbocycles. The molecule has 2 rings (SSSR count). The molecule has 0 nitrogen and oxygen atoms in total. The monoisotopic (exact) mass is 300 g/mol. The first-order valence-corrected chi connectivity index (χ1v) is 9.72. The third-order valence-corrected chi connectivity index (χ3v) is 5.97.